The Morgan fingerprint density at radius 3 is 2.61 bits per heavy atom. The number of nitrogens with zero attached hydrogens (tertiary/aromatic N) is 5. The fourth-order valence-corrected chi connectivity index (χ4v) is 6.33. The standard InChI is InChI=1S/C31H28N6O4/c38-27-10-9-26(29(39)34-27)37-25-8-7-20(22-4-3-5-23(28(22)25)30(37)40)16-19-17-33-36(18-19)21-11-14-35(15-12-21)31(41)24-6-1-2-13-32-24/h1-8,13,17-18,21,26H,9-12,14-16H2,(H,34,38,39). The molecule has 2 aromatic carbocycles. The van der Waals surface area contributed by atoms with Gasteiger partial charge in [-0.3, -0.25) is 39.1 Å². The molecule has 7 rings (SSSR count). The van der Waals surface area contributed by atoms with E-state index in [-0.39, 0.29) is 30.2 Å². The normalized spacial score (nSPS) is 19.2. The molecule has 1 atom stereocenters. The molecule has 10 nitrogen and oxygen atoms in total. The smallest absolute Gasteiger partial charge is 0.272 e. The summed E-state index contributed by atoms with van der Waals surface area (Å²) in [6, 6.07) is 14.5. The maximum absolute atomic E-state index is 13.4. The van der Waals surface area contributed by atoms with Crippen molar-refractivity contribution in [3.8, 4) is 0 Å². The fraction of sp³-hybridized carbons (Fsp3) is 0.290. The molecule has 0 bridgehead atoms. The van der Waals surface area contributed by atoms with E-state index in [9.17, 15) is 19.2 Å². The van der Waals surface area contributed by atoms with Gasteiger partial charge in [0.25, 0.3) is 11.8 Å². The van der Waals surface area contributed by atoms with Crippen LogP contribution in [0.25, 0.3) is 10.8 Å². The molecule has 5 heterocycles. The highest BCUT2D eigenvalue weighted by molar-refractivity contribution is 6.27. The molecule has 0 spiro atoms. The predicted octanol–water partition coefficient (Wildman–Crippen LogP) is 3.26. The van der Waals surface area contributed by atoms with Crippen LogP contribution in [0.4, 0.5) is 5.69 Å². The summed E-state index contributed by atoms with van der Waals surface area (Å²) in [7, 11) is 0. The molecular formula is C31H28N6O4. The molecule has 1 unspecified atom stereocenters. The van der Waals surface area contributed by atoms with E-state index in [1.54, 1.807) is 29.3 Å². The van der Waals surface area contributed by atoms with Crippen LogP contribution in [0.1, 0.15) is 63.7 Å². The summed E-state index contributed by atoms with van der Waals surface area (Å²) in [4.78, 5) is 58.1. The number of pyridine rings is 1. The van der Waals surface area contributed by atoms with Crippen LogP contribution in [0.15, 0.2) is 67.1 Å². The highest BCUT2D eigenvalue weighted by Gasteiger charge is 2.40. The third-order valence-electron chi connectivity index (χ3n) is 8.40. The molecule has 4 aromatic rings. The van der Waals surface area contributed by atoms with E-state index >= 15 is 0 Å². The zero-order valence-corrected chi connectivity index (χ0v) is 22.3. The minimum Gasteiger partial charge on any atom is -0.337 e. The lowest BCUT2D eigenvalue weighted by Gasteiger charge is -2.31. The largest absolute Gasteiger partial charge is 0.337 e. The molecule has 3 aliphatic heterocycles. The quantitative estimate of drug-likeness (QED) is 0.383. The first-order chi connectivity index (χ1) is 20.0. The number of carbonyl (C=O) groups is 4. The van der Waals surface area contributed by atoms with Crippen LogP contribution in [-0.2, 0) is 16.0 Å². The molecule has 1 N–H and O–H groups in total. The molecule has 2 saturated heterocycles. The topological polar surface area (TPSA) is 118 Å². The average Bonchev–Trinajstić information content (AvgIpc) is 3.58. The van der Waals surface area contributed by atoms with E-state index in [0.717, 1.165) is 34.7 Å². The summed E-state index contributed by atoms with van der Waals surface area (Å²) in [5.74, 6) is -0.983. The van der Waals surface area contributed by atoms with Gasteiger partial charge in [-0.15, -0.1) is 0 Å². The van der Waals surface area contributed by atoms with Crippen LogP contribution in [0.3, 0.4) is 0 Å². The number of carbonyl (C=O) groups excluding carboxylic acids is 4. The number of anilines is 1. The maximum atomic E-state index is 13.4. The summed E-state index contributed by atoms with van der Waals surface area (Å²) in [5.41, 5.74) is 3.89. The number of aromatic nitrogens is 3. The van der Waals surface area contributed by atoms with Gasteiger partial charge in [0.15, 0.2) is 0 Å². The molecule has 10 heteroatoms. The lowest BCUT2D eigenvalue weighted by atomic mass is 9.97. The van der Waals surface area contributed by atoms with Crippen LogP contribution in [0.2, 0.25) is 0 Å². The van der Waals surface area contributed by atoms with Gasteiger partial charge in [0.2, 0.25) is 11.8 Å². The van der Waals surface area contributed by atoms with Crippen LogP contribution >= 0.6 is 0 Å². The molecule has 2 fully saturated rings. The van der Waals surface area contributed by atoms with E-state index in [0.29, 0.717) is 42.9 Å². The average molecular weight is 549 g/mol. The maximum Gasteiger partial charge on any atom is 0.272 e. The van der Waals surface area contributed by atoms with E-state index < -0.39 is 11.9 Å². The van der Waals surface area contributed by atoms with Gasteiger partial charge >= 0.3 is 0 Å². The van der Waals surface area contributed by atoms with Crippen molar-refractivity contribution in [1.29, 1.82) is 0 Å². The summed E-state index contributed by atoms with van der Waals surface area (Å²) >= 11 is 0. The second-order valence-corrected chi connectivity index (χ2v) is 10.9. The summed E-state index contributed by atoms with van der Waals surface area (Å²) in [6.45, 7) is 1.31. The number of nitrogens with one attached hydrogen (secondary N) is 1. The Hall–Kier alpha value is -4.86. The van der Waals surface area contributed by atoms with Crippen molar-refractivity contribution >= 4 is 40.1 Å². The van der Waals surface area contributed by atoms with Crippen LogP contribution in [0.5, 0.6) is 0 Å². The molecule has 206 valence electrons. The van der Waals surface area contributed by atoms with E-state index in [2.05, 4.69) is 21.6 Å². The van der Waals surface area contributed by atoms with Crippen molar-refractivity contribution < 1.29 is 19.2 Å². The zero-order valence-electron chi connectivity index (χ0n) is 22.3. The van der Waals surface area contributed by atoms with Gasteiger partial charge in [-0.25, -0.2) is 0 Å². The van der Waals surface area contributed by atoms with Gasteiger partial charge in [0, 0.05) is 49.3 Å². The second-order valence-electron chi connectivity index (χ2n) is 10.9. The SMILES string of the molecule is O=C1CCC(N2C(=O)c3cccc4c(Cc5cnn(C6CCN(C(=O)c7ccccn7)CC6)c5)ccc2c34)C(=O)N1. The Morgan fingerprint density at radius 1 is 0.976 bits per heavy atom. The van der Waals surface area contributed by atoms with Gasteiger partial charge in [0.1, 0.15) is 11.7 Å². The third-order valence-corrected chi connectivity index (χ3v) is 8.40. The minimum absolute atomic E-state index is 0.0353. The van der Waals surface area contributed by atoms with Crippen molar-refractivity contribution in [3.05, 3.63) is 89.5 Å². The highest BCUT2D eigenvalue weighted by atomic mass is 16.2. The minimum atomic E-state index is -0.703. The Bertz CT molecular complexity index is 1710. The number of benzene rings is 2. The van der Waals surface area contributed by atoms with Crippen molar-refractivity contribution in [2.45, 2.75) is 44.2 Å². The third kappa shape index (κ3) is 4.35. The number of hydrogen-bond acceptors (Lipinski definition) is 6. The first-order valence-electron chi connectivity index (χ1n) is 13.9. The van der Waals surface area contributed by atoms with E-state index in [1.165, 1.54) is 0 Å². The van der Waals surface area contributed by atoms with Crippen molar-refractivity contribution in [2.75, 3.05) is 18.0 Å². The fourth-order valence-electron chi connectivity index (χ4n) is 6.33. The summed E-state index contributed by atoms with van der Waals surface area (Å²) < 4.78 is 2.01. The molecule has 4 amide bonds. The molecule has 41 heavy (non-hydrogen) atoms. The first kappa shape index (κ1) is 25.1. The van der Waals surface area contributed by atoms with Gasteiger partial charge in [-0.05, 0) is 60.0 Å². The molecular weight excluding hydrogens is 520 g/mol. The van der Waals surface area contributed by atoms with E-state index in [1.807, 2.05) is 46.1 Å². The van der Waals surface area contributed by atoms with Crippen molar-refractivity contribution in [3.63, 3.8) is 0 Å². The highest BCUT2D eigenvalue weighted by Crippen LogP contribution is 2.41. The van der Waals surface area contributed by atoms with Crippen LogP contribution in [0, 0.1) is 0 Å². The Balaban J connectivity index is 1.08. The van der Waals surface area contributed by atoms with Crippen molar-refractivity contribution in [2.24, 2.45) is 0 Å². The van der Waals surface area contributed by atoms with Gasteiger partial charge in [0.05, 0.1) is 17.9 Å². The number of piperidine rings is 2. The number of rotatable bonds is 5. The second kappa shape index (κ2) is 9.96. The van der Waals surface area contributed by atoms with Gasteiger partial charge < -0.3 is 4.90 Å². The lowest BCUT2D eigenvalue weighted by Crippen LogP contribution is -2.53. The Morgan fingerprint density at radius 2 is 1.83 bits per heavy atom. The monoisotopic (exact) mass is 548 g/mol. The molecule has 2 aromatic heterocycles. The van der Waals surface area contributed by atoms with E-state index in [4.69, 9.17) is 0 Å². The summed E-state index contributed by atoms with van der Waals surface area (Å²) in [6.07, 6.45) is 8.40. The number of amides is 4. The number of imide groups is 1. The van der Waals surface area contributed by atoms with Gasteiger partial charge in [-0.2, -0.15) is 5.10 Å². The first-order valence-corrected chi connectivity index (χ1v) is 13.9. The predicted molar refractivity (Wildman–Crippen MR) is 150 cm³/mol. The molecule has 0 saturated carbocycles. The zero-order chi connectivity index (χ0) is 28.1. The molecule has 3 aliphatic rings. The Kier molecular flexibility index (Phi) is 6.10. The summed E-state index contributed by atoms with van der Waals surface area (Å²) in [5, 5.41) is 8.84. The van der Waals surface area contributed by atoms with Crippen LogP contribution < -0.4 is 10.2 Å². The van der Waals surface area contributed by atoms with Crippen LogP contribution in [-0.4, -0.2) is 62.4 Å². The van der Waals surface area contributed by atoms with Gasteiger partial charge in [-0.1, -0.05) is 24.3 Å². The Labute approximate surface area is 235 Å². The molecule has 0 aliphatic carbocycles. The number of likely N-dealkylation sites (tertiary alicyclic amines) is 1. The lowest BCUT2D eigenvalue weighted by molar-refractivity contribution is -0.134. The van der Waals surface area contributed by atoms with Crippen molar-refractivity contribution in [1.82, 2.24) is 25.0 Å². The number of hydrogen-bond donors (Lipinski definition) is 1. The molecule has 0 radical (unpaired) electrons.